The summed E-state index contributed by atoms with van der Waals surface area (Å²) in [5, 5.41) is 5.81. The van der Waals surface area contributed by atoms with Gasteiger partial charge in [0, 0.05) is 12.2 Å². The van der Waals surface area contributed by atoms with Gasteiger partial charge in [-0.15, -0.1) is 0 Å². The Hall–Kier alpha value is -2.54. The number of carbonyl (C=O) groups excluding carboxylic acids is 2. The normalized spacial score (nSPS) is 20.4. The van der Waals surface area contributed by atoms with Crippen molar-refractivity contribution in [2.45, 2.75) is 59.1 Å². The Labute approximate surface area is 187 Å². The number of hydrogen-bond acceptors (Lipinski definition) is 6. The van der Waals surface area contributed by atoms with Gasteiger partial charge in [0.1, 0.15) is 0 Å². The fraction of sp³-hybridized carbons (Fsp3) is 0.458. The van der Waals surface area contributed by atoms with Crippen LogP contribution in [-0.4, -0.2) is 34.6 Å². The highest BCUT2D eigenvalue weighted by atomic mass is 32.2. The van der Waals surface area contributed by atoms with Crippen molar-refractivity contribution < 1.29 is 14.3 Å². The molecule has 0 bridgehead atoms. The highest BCUT2D eigenvalue weighted by Gasteiger charge is 2.41. The summed E-state index contributed by atoms with van der Waals surface area (Å²) < 4.78 is 5.59. The molecule has 3 aliphatic rings. The van der Waals surface area contributed by atoms with E-state index >= 15 is 0 Å². The van der Waals surface area contributed by atoms with Gasteiger partial charge in [-0.05, 0) is 63.0 Å². The maximum atomic E-state index is 13.1. The Balaban J connectivity index is 1.68. The summed E-state index contributed by atoms with van der Waals surface area (Å²) in [6.07, 6.45) is 2.42. The van der Waals surface area contributed by atoms with E-state index in [1.807, 2.05) is 62.3 Å². The molecule has 1 atom stereocenters. The predicted octanol–water partition coefficient (Wildman–Crippen LogP) is 4.44. The highest BCUT2D eigenvalue weighted by molar-refractivity contribution is 8.16. The van der Waals surface area contributed by atoms with Gasteiger partial charge in [0.25, 0.3) is 0 Å². The number of amides is 1. The maximum absolute atomic E-state index is 13.1. The number of hydrogen-bond donors (Lipinski definition) is 1. The van der Waals surface area contributed by atoms with Crippen LogP contribution in [-0.2, 0) is 14.3 Å². The van der Waals surface area contributed by atoms with E-state index in [-0.39, 0.29) is 30.4 Å². The molecule has 164 valence electrons. The number of aliphatic imine (C=N–C) groups is 1. The van der Waals surface area contributed by atoms with E-state index in [2.05, 4.69) is 5.32 Å². The molecule has 7 heteroatoms. The zero-order valence-corrected chi connectivity index (χ0v) is 19.3. The molecular formula is C24H29N3O3S. The lowest BCUT2D eigenvalue weighted by molar-refractivity contribution is -0.143. The zero-order chi connectivity index (χ0) is 22.1. The molecular weight excluding hydrogens is 410 g/mol. The van der Waals surface area contributed by atoms with Crippen LogP contribution in [0.5, 0.6) is 0 Å². The second-order valence-electron chi connectivity index (χ2n) is 8.63. The quantitative estimate of drug-likeness (QED) is 0.636. The first-order valence-corrected chi connectivity index (χ1v) is 11.7. The largest absolute Gasteiger partial charge is 0.459 e. The van der Waals surface area contributed by atoms with E-state index in [4.69, 9.17) is 9.73 Å². The molecule has 31 heavy (non-hydrogen) atoms. The van der Waals surface area contributed by atoms with Crippen molar-refractivity contribution in [1.82, 2.24) is 10.2 Å². The van der Waals surface area contributed by atoms with Gasteiger partial charge in [0.2, 0.25) is 5.91 Å². The summed E-state index contributed by atoms with van der Waals surface area (Å²) in [6, 6.07) is 7.66. The maximum Gasteiger partial charge on any atom is 0.338 e. The fourth-order valence-corrected chi connectivity index (χ4v) is 4.87. The molecule has 1 saturated carbocycles. The number of nitrogens with one attached hydrogen (secondary N) is 1. The summed E-state index contributed by atoms with van der Waals surface area (Å²) in [5.74, 6) is 0.268. The Bertz CT molecular complexity index is 992. The van der Waals surface area contributed by atoms with E-state index in [0.717, 1.165) is 28.5 Å². The Morgan fingerprint density at radius 3 is 2.68 bits per heavy atom. The minimum absolute atomic E-state index is 0.00103. The van der Waals surface area contributed by atoms with Gasteiger partial charge >= 0.3 is 5.97 Å². The molecule has 1 aromatic carbocycles. The van der Waals surface area contributed by atoms with E-state index < -0.39 is 0 Å². The molecule has 0 radical (unpaired) electrons. The van der Waals surface area contributed by atoms with Crippen molar-refractivity contribution in [3.63, 3.8) is 0 Å². The van der Waals surface area contributed by atoms with Crippen molar-refractivity contribution in [2.24, 2.45) is 10.9 Å². The van der Waals surface area contributed by atoms with Gasteiger partial charge in [-0.1, -0.05) is 36.0 Å². The van der Waals surface area contributed by atoms with Crippen LogP contribution in [0.4, 0.5) is 0 Å². The number of allylic oxidation sites excluding steroid dienone is 1. The van der Waals surface area contributed by atoms with Crippen LogP contribution in [0.15, 0.2) is 51.6 Å². The first-order valence-electron chi connectivity index (χ1n) is 10.8. The van der Waals surface area contributed by atoms with Gasteiger partial charge in [-0.2, -0.15) is 0 Å². The number of aryl methyl sites for hydroxylation is 1. The zero-order valence-electron chi connectivity index (χ0n) is 18.5. The number of amidine groups is 1. The smallest absolute Gasteiger partial charge is 0.338 e. The summed E-state index contributed by atoms with van der Waals surface area (Å²) in [6.45, 7) is 8.32. The summed E-state index contributed by atoms with van der Waals surface area (Å²) >= 11 is 1.50. The third-order valence-electron chi connectivity index (χ3n) is 5.67. The molecule has 4 rings (SSSR count). The lowest BCUT2D eigenvalue weighted by Crippen LogP contribution is -2.38. The predicted molar refractivity (Wildman–Crippen MR) is 123 cm³/mol. The second-order valence-corrected chi connectivity index (χ2v) is 9.46. The molecule has 1 aliphatic carbocycles. The lowest BCUT2D eigenvalue weighted by atomic mass is 9.91. The third-order valence-corrected chi connectivity index (χ3v) is 6.56. The van der Waals surface area contributed by atoms with E-state index in [9.17, 15) is 9.59 Å². The molecule has 0 aromatic heterocycles. The molecule has 2 heterocycles. The summed E-state index contributed by atoms with van der Waals surface area (Å²) in [5.41, 5.74) is 4.12. The third kappa shape index (κ3) is 4.71. The average molecular weight is 440 g/mol. The van der Waals surface area contributed by atoms with E-state index in [1.165, 1.54) is 24.6 Å². The minimum Gasteiger partial charge on any atom is -0.459 e. The number of benzene rings is 1. The summed E-state index contributed by atoms with van der Waals surface area (Å²) in [7, 11) is 0. The monoisotopic (exact) mass is 439 g/mol. The fourth-order valence-electron chi connectivity index (χ4n) is 3.90. The second kappa shape index (κ2) is 8.91. The van der Waals surface area contributed by atoms with Crippen LogP contribution in [0.25, 0.3) is 0 Å². The topological polar surface area (TPSA) is 71.0 Å². The SMILES string of the molecule is CC1=C(C(=O)OC(C)C)C(c2ccccc2C)N2C(CC(=O)NCC3CC3)=CSC2=N1. The van der Waals surface area contributed by atoms with E-state index in [1.54, 1.807) is 0 Å². The number of carbonyl (C=O) groups is 2. The van der Waals surface area contributed by atoms with Crippen molar-refractivity contribution in [3.8, 4) is 0 Å². The average Bonchev–Trinajstić information content (AvgIpc) is 3.46. The Kier molecular flexibility index (Phi) is 6.23. The van der Waals surface area contributed by atoms with Crippen molar-refractivity contribution in [2.75, 3.05) is 6.54 Å². The van der Waals surface area contributed by atoms with Gasteiger partial charge in [-0.3, -0.25) is 4.79 Å². The molecule has 0 spiro atoms. The van der Waals surface area contributed by atoms with Crippen LogP contribution >= 0.6 is 11.8 Å². The van der Waals surface area contributed by atoms with Crippen molar-refractivity contribution in [1.29, 1.82) is 0 Å². The van der Waals surface area contributed by atoms with E-state index in [0.29, 0.717) is 17.2 Å². The minimum atomic E-state index is -0.377. The Morgan fingerprint density at radius 2 is 2.00 bits per heavy atom. The number of fused-ring (bicyclic) bond motifs is 1. The molecule has 1 N–H and O–H groups in total. The van der Waals surface area contributed by atoms with Crippen LogP contribution in [0.1, 0.15) is 57.2 Å². The summed E-state index contributed by atoms with van der Waals surface area (Å²) in [4.78, 5) is 32.5. The van der Waals surface area contributed by atoms with Crippen molar-refractivity contribution in [3.05, 3.63) is 57.8 Å². The van der Waals surface area contributed by atoms with Gasteiger partial charge in [0.15, 0.2) is 5.17 Å². The number of nitrogens with zero attached hydrogens (tertiary/aromatic N) is 2. The highest BCUT2D eigenvalue weighted by Crippen LogP contribution is 2.45. The molecule has 1 fully saturated rings. The molecule has 1 amide bonds. The van der Waals surface area contributed by atoms with Crippen LogP contribution in [0.3, 0.4) is 0 Å². The number of esters is 1. The van der Waals surface area contributed by atoms with Gasteiger partial charge in [0.05, 0.1) is 29.8 Å². The molecule has 2 aliphatic heterocycles. The van der Waals surface area contributed by atoms with Gasteiger partial charge in [-0.25, -0.2) is 9.79 Å². The first kappa shape index (κ1) is 21.7. The van der Waals surface area contributed by atoms with Crippen molar-refractivity contribution >= 4 is 28.8 Å². The molecule has 1 aromatic rings. The Morgan fingerprint density at radius 1 is 1.26 bits per heavy atom. The molecule has 6 nitrogen and oxygen atoms in total. The number of thioether (sulfide) groups is 1. The number of rotatable bonds is 7. The number of ether oxygens (including phenoxy) is 1. The van der Waals surface area contributed by atoms with Crippen LogP contribution < -0.4 is 5.32 Å². The van der Waals surface area contributed by atoms with Crippen LogP contribution in [0.2, 0.25) is 0 Å². The van der Waals surface area contributed by atoms with Gasteiger partial charge < -0.3 is 15.0 Å². The molecule has 0 saturated heterocycles. The standard InChI is InChI=1S/C24H29N3O3S/c1-14(2)30-23(29)21-16(4)26-24-27(22(21)19-8-6-5-7-15(19)3)18(13-31-24)11-20(28)25-12-17-9-10-17/h5-8,13-14,17,22H,9-12H2,1-4H3,(H,25,28). The first-order chi connectivity index (χ1) is 14.8. The lowest BCUT2D eigenvalue weighted by Gasteiger charge is -2.37. The molecule has 1 unspecified atom stereocenters. The van der Waals surface area contributed by atoms with Crippen LogP contribution in [0, 0.1) is 12.8 Å².